The molecule has 182 valence electrons. The Labute approximate surface area is 202 Å². The summed E-state index contributed by atoms with van der Waals surface area (Å²) in [5, 5.41) is 5.80. The van der Waals surface area contributed by atoms with Crippen LogP contribution in [-0.2, 0) is 0 Å². The van der Waals surface area contributed by atoms with Crippen LogP contribution in [0.5, 0.6) is 0 Å². The van der Waals surface area contributed by atoms with Crippen molar-refractivity contribution < 1.29 is 18.8 Å². The van der Waals surface area contributed by atoms with Gasteiger partial charge in [-0.05, 0) is 62.9 Å². The number of likely N-dealkylation sites (tertiary alicyclic amines) is 1. The van der Waals surface area contributed by atoms with Crippen molar-refractivity contribution in [3.63, 3.8) is 0 Å². The quantitative estimate of drug-likeness (QED) is 0.555. The Morgan fingerprint density at radius 3 is 2.60 bits per heavy atom. The van der Waals surface area contributed by atoms with Crippen LogP contribution >= 0.6 is 0 Å². The molecule has 2 aromatic carbocycles. The first kappa shape index (κ1) is 23.0. The van der Waals surface area contributed by atoms with Crippen LogP contribution in [0, 0.1) is 0 Å². The highest BCUT2D eigenvalue weighted by Gasteiger charge is 2.30. The number of alkyl halides is 1. The van der Waals surface area contributed by atoms with E-state index in [1.54, 1.807) is 41.3 Å². The molecule has 3 amide bonds. The lowest BCUT2D eigenvalue weighted by molar-refractivity contribution is 0.0784. The number of rotatable bonds is 1. The normalized spacial score (nSPS) is 21.3. The van der Waals surface area contributed by atoms with Crippen molar-refractivity contribution >= 4 is 34.7 Å². The summed E-state index contributed by atoms with van der Waals surface area (Å²) in [6.07, 6.45) is 1.72. The van der Waals surface area contributed by atoms with Gasteiger partial charge in [0, 0.05) is 30.3 Å². The average Bonchev–Trinajstić information content (AvgIpc) is 3.45. The maximum absolute atomic E-state index is 13.8. The smallest absolute Gasteiger partial charge is 0.257 e. The number of benzene rings is 2. The van der Waals surface area contributed by atoms with Gasteiger partial charge in [0.1, 0.15) is 6.17 Å². The van der Waals surface area contributed by atoms with Gasteiger partial charge in [0.05, 0.1) is 23.1 Å². The van der Waals surface area contributed by atoms with Crippen LogP contribution in [0.1, 0.15) is 69.7 Å². The standard InChI is InChI=1S/C26H28FN5O3/c1-16-6-2-3-12-28-23(33)17-7-4-8-18(14-17)24(34)30-26-29-21-10-5-9-20(22(21)32(16)26)25(35)31-13-11-19(27)15-31/h4-5,7-10,14,16,19H,2-3,6,11-13,15H2,1H3,(H,28,33)(H,29,30,34)/t16-,19+/m0/s1. The number of imidazole rings is 1. The number of hydrogen-bond donors (Lipinski definition) is 2. The molecule has 8 nitrogen and oxygen atoms in total. The van der Waals surface area contributed by atoms with Crippen LogP contribution in [0.15, 0.2) is 42.5 Å². The molecule has 9 heteroatoms. The molecule has 0 saturated carbocycles. The van der Waals surface area contributed by atoms with Crippen LogP contribution < -0.4 is 10.6 Å². The van der Waals surface area contributed by atoms with E-state index in [4.69, 9.17) is 0 Å². The van der Waals surface area contributed by atoms with Crippen molar-refractivity contribution in [1.82, 2.24) is 19.8 Å². The van der Waals surface area contributed by atoms with Gasteiger partial charge in [-0.1, -0.05) is 12.1 Å². The summed E-state index contributed by atoms with van der Waals surface area (Å²) in [5.74, 6) is -0.494. The summed E-state index contributed by atoms with van der Waals surface area (Å²) in [6, 6.07) is 11.8. The summed E-state index contributed by atoms with van der Waals surface area (Å²) in [4.78, 5) is 45.2. The molecule has 2 aliphatic rings. The van der Waals surface area contributed by atoms with E-state index in [-0.39, 0.29) is 24.4 Å². The molecular weight excluding hydrogens is 449 g/mol. The Balaban J connectivity index is 1.60. The van der Waals surface area contributed by atoms with Gasteiger partial charge in [0.15, 0.2) is 0 Å². The van der Waals surface area contributed by atoms with Crippen molar-refractivity contribution in [2.24, 2.45) is 0 Å². The van der Waals surface area contributed by atoms with Crippen LogP contribution in [0.3, 0.4) is 0 Å². The first-order chi connectivity index (χ1) is 16.9. The topological polar surface area (TPSA) is 96.3 Å². The van der Waals surface area contributed by atoms with Crippen molar-refractivity contribution in [2.45, 2.75) is 44.8 Å². The number of anilines is 1. The van der Waals surface area contributed by atoms with Gasteiger partial charge in [-0.2, -0.15) is 0 Å². The number of nitrogens with zero attached hydrogens (tertiary/aromatic N) is 3. The highest BCUT2D eigenvalue weighted by atomic mass is 19.1. The molecule has 3 aromatic rings. The van der Waals surface area contributed by atoms with Crippen LogP contribution in [0.4, 0.5) is 10.3 Å². The summed E-state index contributed by atoms with van der Waals surface area (Å²) < 4.78 is 15.7. The van der Waals surface area contributed by atoms with Gasteiger partial charge in [0.2, 0.25) is 5.95 Å². The third-order valence-electron chi connectivity index (χ3n) is 6.75. The molecule has 1 saturated heterocycles. The second-order valence-corrected chi connectivity index (χ2v) is 9.25. The molecule has 1 aromatic heterocycles. The third-order valence-corrected chi connectivity index (χ3v) is 6.75. The highest BCUT2D eigenvalue weighted by molar-refractivity contribution is 6.08. The Hall–Kier alpha value is -3.75. The van der Waals surface area contributed by atoms with Gasteiger partial charge in [-0.25, -0.2) is 9.37 Å². The average molecular weight is 478 g/mol. The Kier molecular flexibility index (Phi) is 6.23. The van der Waals surface area contributed by atoms with E-state index in [0.717, 1.165) is 19.3 Å². The number of carbonyl (C=O) groups excluding carboxylic acids is 3. The summed E-state index contributed by atoms with van der Waals surface area (Å²) in [5.41, 5.74) is 2.43. The molecule has 0 aliphatic carbocycles. The number of aromatic nitrogens is 2. The molecule has 1 fully saturated rings. The minimum Gasteiger partial charge on any atom is -0.352 e. The zero-order valence-corrected chi connectivity index (χ0v) is 19.6. The van der Waals surface area contributed by atoms with E-state index >= 15 is 0 Å². The first-order valence-electron chi connectivity index (χ1n) is 12.1. The minimum absolute atomic E-state index is 0.0817. The molecule has 0 unspecified atom stereocenters. The predicted molar refractivity (Wildman–Crippen MR) is 130 cm³/mol. The number of carbonyl (C=O) groups is 3. The predicted octanol–water partition coefficient (Wildman–Crippen LogP) is 3.95. The van der Waals surface area contributed by atoms with Gasteiger partial charge < -0.3 is 14.8 Å². The van der Waals surface area contributed by atoms with E-state index in [1.165, 1.54) is 0 Å². The number of halogens is 1. The monoisotopic (exact) mass is 477 g/mol. The van der Waals surface area contributed by atoms with Crippen molar-refractivity contribution in [2.75, 3.05) is 25.0 Å². The SMILES string of the molecule is C[C@H]1CCCCNC(=O)c2cccc(c2)C(=O)Nc2nc3cccc(C(=O)N4CC[C@@H](F)C4)c3n21. The van der Waals surface area contributed by atoms with E-state index < -0.39 is 12.1 Å². The Morgan fingerprint density at radius 2 is 1.83 bits per heavy atom. The largest absolute Gasteiger partial charge is 0.352 e. The molecule has 2 aliphatic heterocycles. The third kappa shape index (κ3) is 4.50. The van der Waals surface area contributed by atoms with E-state index in [0.29, 0.717) is 53.2 Å². The lowest BCUT2D eigenvalue weighted by Crippen LogP contribution is -2.29. The van der Waals surface area contributed by atoms with Crippen molar-refractivity contribution in [1.29, 1.82) is 0 Å². The van der Waals surface area contributed by atoms with Gasteiger partial charge in [0.25, 0.3) is 17.7 Å². The van der Waals surface area contributed by atoms with E-state index in [1.807, 2.05) is 17.6 Å². The maximum atomic E-state index is 13.8. The zero-order chi connectivity index (χ0) is 24.5. The van der Waals surface area contributed by atoms with Gasteiger partial charge in [-0.15, -0.1) is 0 Å². The maximum Gasteiger partial charge on any atom is 0.257 e. The summed E-state index contributed by atoms with van der Waals surface area (Å²) in [7, 11) is 0. The number of para-hydroxylation sites is 1. The van der Waals surface area contributed by atoms with Gasteiger partial charge in [-0.3, -0.25) is 19.7 Å². The fourth-order valence-corrected chi connectivity index (χ4v) is 4.88. The number of amides is 3. The molecule has 2 bridgehead atoms. The van der Waals surface area contributed by atoms with Crippen molar-refractivity contribution in [3.8, 4) is 0 Å². The summed E-state index contributed by atoms with van der Waals surface area (Å²) >= 11 is 0. The zero-order valence-electron chi connectivity index (χ0n) is 19.6. The lowest BCUT2D eigenvalue weighted by Gasteiger charge is -2.21. The molecule has 0 radical (unpaired) electrons. The number of nitrogens with one attached hydrogen (secondary N) is 2. The van der Waals surface area contributed by atoms with Crippen LogP contribution in [0.2, 0.25) is 0 Å². The second kappa shape index (κ2) is 9.48. The molecule has 35 heavy (non-hydrogen) atoms. The first-order valence-corrected chi connectivity index (χ1v) is 12.1. The Bertz CT molecular complexity index is 1300. The van der Waals surface area contributed by atoms with Crippen LogP contribution in [-0.4, -0.2) is 58.0 Å². The van der Waals surface area contributed by atoms with Gasteiger partial charge >= 0.3 is 0 Å². The minimum atomic E-state index is -1.01. The summed E-state index contributed by atoms with van der Waals surface area (Å²) in [6.45, 7) is 3.02. The molecule has 2 atom stereocenters. The lowest BCUT2D eigenvalue weighted by atomic mass is 10.1. The van der Waals surface area contributed by atoms with E-state index in [2.05, 4.69) is 15.6 Å². The molecule has 2 N–H and O–H groups in total. The number of hydrogen-bond acceptors (Lipinski definition) is 4. The fourth-order valence-electron chi connectivity index (χ4n) is 4.88. The Morgan fingerprint density at radius 1 is 1.06 bits per heavy atom. The molecule has 3 heterocycles. The molecular formula is C26H28FN5O3. The molecule has 5 rings (SSSR count). The highest BCUT2D eigenvalue weighted by Crippen LogP contribution is 2.31. The molecule has 0 spiro atoms. The van der Waals surface area contributed by atoms with Crippen molar-refractivity contribution in [3.05, 3.63) is 59.2 Å². The number of fused-ring (bicyclic) bond motifs is 5. The fraction of sp³-hybridized carbons (Fsp3) is 0.385. The van der Waals surface area contributed by atoms with Crippen LogP contribution in [0.25, 0.3) is 11.0 Å². The second-order valence-electron chi connectivity index (χ2n) is 9.25. The van der Waals surface area contributed by atoms with E-state index in [9.17, 15) is 18.8 Å².